The lowest BCUT2D eigenvalue weighted by atomic mass is 9.94. The van der Waals surface area contributed by atoms with Gasteiger partial charge in [0.05, 0.1) is 11.7 Å². The van der Waals surface area contributed by atoms with Crippen molar-refractivity contribution in [1.82, 2.24) is 0 Å². The maximum Gasteiger partial charge on any atom is 0.265 e. The van der Waals surface area contributed by atoms with Gasteiger partial charge in [-0.15, -0.1) is 0 Å². The van der Waals surface area contributed by atoms with E-state index in [2.05, 4.69) is 42.2 Å². The van der Waals surface area contributed by atoms with Gasteiger partial charge in [-0.05, 0) is 43.5 Å². The smallest absolute Gasteiger partial charge is 0.265 e. The molecule has 0 N–H and O–H groups in total. The minimum atomic E-state index is 0.0525. The average Bonchev–Trinajstić information content (AvgIpc) is 3.08. The summed E-state index contributed by atoms with van der Waals surface area (Å²) in [6, 6.07) is 15.4. The maximum atomic E-state index is 12.9. The van der Waals surface area contributed by atoms with Crippen molar-refractivity contribution >= 4 is 17.3 Å². The molecule has 2 aromatic carbocycles. The molecule has 1 amide bonds. The van der Waals surface area contributed by atoms with Gasteiger partial charge in [-0.3, -0.25) is 9.69 Å². The molecule has 27 heavy (non-hydrogen) atoms. The topological polar surface area (TPSA) is 32.8 Å². The van der Waals surface area contributed by atoms with Crippen molar-refractivity contribution in [2.24, 2.45) is 0 Å². The standard InChI is InChI=1S/C23H26N2O2/c1-16-11-12-20-22(13-16)27-15-23(26)25(20)21-14-24(17-7-3-2-4-8-17)19-10-6-5-9-18(19)21/h5-6,9-13,17,21H,2-4,7-8,14-15H2,1H3. The van der Waals surface area contributed by atoms with Crippen molar-refractivity contribution in [2.45, 2.75) is 51.1 Å². The van der Waals surface area contributed by atoms with Crippen LogP contribution in [0.3, 0.4) is 0 Å². The van der Waals surface area contributed by atoms with Crippen LogP contribution < -0.4 is 14.5 Å². The minimum Gasteiger partial charge on any atom is -0.482 e. The predicted molar refractivity (Wildman–Crippen MR) is 108 cm³/mol. The van der Waals surface area contributed by atoms with E-state index in [1.165, 1.54) is 43.4 Å². The predicted octanol–water partition coefficient (Wildman–Crippen LogP) is 4.61. The second-order valence-electron chi connectivity index (χ2n) is 8.04. The van der Waals surface area contributed by atoms with Crippen LogP contribution in [0.1, 0.15) is 49.3 Å². The number of amides is 1. The molecule has 0 bridgehead atoms. The van der Waals surface area contributed by atoms with Crippen LogP contribution >= 0.6 is 0 Å². The van der Waals surface area contributed by atoms with E-state index < -0.39 is 0 Å². The Kier molecular flexibility index (Phi) is 4.07. The molecule has 2 heterocycles. The summed E-state index contributed by atoms with van der Waals surface area (Å²) in [5, 5.41) is 0. The van der Waals surface area contributed by atoms with E-state index in [9.17, 15) is 4.79 Å². The van der Waals surface area contributed by atoms with Gasteiger partial charge in [-0.25, -0.2) is 0 Å². The first-order valence-corrected chi connectivity index (χ1v) is 10.1. The van der Waals surface area contributed by atoms with E-state index in [0.29, 0.717) is 6.04 Å². The maximum absolute atomic E-state index is 12.9. The fraction of sp³-hybridized carbons (Fsp3) is 0.435. The lowest BCUT2D eigenvalue weighted by Crippen LogP contribution is -2.44. The largest absolute Gasteiger partial charge is 0.482 e. The number of hydrogen-bond acceptors (Lipinski definition) is 3. The van der Waals surface area contributed by atoms with Gasteiger partial charge >= 0.3 is 0 Å². The van der Waals surface area contributed by atoms with Gasteiger partial charge in [0.2, 0.25) is 0 Å². The fourth-order valence-corrected chi connectivity index (χ4v) is 4.99. The highest BCUT2D eigenvalue weighted by atomic mass is 16.5. The zero-order valence-electron chi connectivity index (χ0n) is 15.9. The van der Waals surface area contributed by atoms with Crippen LogP contribution in [0, 0.1) is 6.92 Å². The second kappa shape index (κ2) is 6.59. The number of nitrogens with zero attached hydrogens (tertiary/aromatic N) is 2. The van der Waals surface area contributed by atoms with E-state index in [1.54, 1.807) is 0 Å². The van der Waals surface area contributed by atoms with Gasteiger partial charge in [-0.1, -0.05) is 43.5 Å². The monoisotopic (exact) mass is 362 g/mol. The molecule has 1 fully saturated rings. The number of fused-ring (bicyclic) bond motifs is 2. The Bertz CT molecular complexity index is 872. The van der Waals surface area contributed by atoms with Crippen molar-refractivity contribution in [2.75, 3.05) is 23.0 Å². The number of rotatable bonds is 2. The first-order valence-electron chi connectivity index (χ1n) is 10.1. The van der Waals surface area contributed by atoms with E-state index >= 15 is 0 Å². The molecule has 0 aromatic heterocycles. The third-order valence-corrected chi connectivity index (χ3v) is 6.30. The summed E-state index contributed by atoms with van der Waals surface area (Å²) in [5.74, 6) is 0.875. The van der Waals surface area contributed by atoms with E-state index in [-0.39, 0.29) is 18.6 Å². The van der Waals surface area contributed by atoms with Gasteiger partial charge in [-0.2, -0.15) is 0 Å². The number of benzene rings is 2. The molecule has 0 radical (unpaired) electrons. The molecule has 1 aliphatic carbocycles. The van der Waals surface area contributed by atoms with Crippen molar-refractivity contribution < 1.29 is 9.53 Å². The molecule has 1 saturated carbocycles. The Morgan fingerprint density at radius 2 is 1.81 bits per heavy atom. The molecule has 5 rings (SSSR count). The van der Waals surface area contributed by atoms with Crippen LogP contribution in [0.5, 0.6) is 5.75 Å². The third kappa shape index (κ3) is 2.78. The minimum absolute atomic E-state index is 0.0525. The molecule has 3 aliphatic rings. The molecule has 0 spiro atoms. The number of aryl methyl sites for hydroxylation is 1. The fourth-order valence-electron chi connectivity index (χ4n) is 4.99. The molecule has 2 aliphatic heterocycles. The highest BCUT2D eigenvalue weighted by molar-refractivity contribution is 5.99. The SMILES string of the molecule is Cc1ccc2c(c1)OCC(=O)N2C1CN(C2CCCCC2)c2ccccc21. The molecule has 1 atom stereocenters. The Hall–Kier alpha value is -2.49. The van der Waals surface area contributed by atoms with Gasteiger partial charge in [0, 0.05) is 23.8 Å². The van der Waals surface area contributed by atoms with Crippen molar-refractivity contribution in [3.05, 3.63) is 53.6 Å². The lowest BCUT2D eigenvalue weighted by molar-refractivity contribution is -0.121. The Morgan fingerprint density at radius 3 is 2.67 bits per heavy atom. The molecular weight excluding hydrogens is 336 g/mol. The molecule has 0 saturated heterocycles. The van der Waals surface area contributed by atoms with Gasteiger partial charge in [0.25, 0.3) is 5.91 Å². The zero-order valence-corrected chi connectivity index (χ0v) is 15.9. The summed E-state index contributed by atoms with van der Waals surface area (Å²) in [6.45, 7) is 3.06. The van der Waals surface area contributed by atoms with Crippen LogP contribution in [0.4, 0.5) is 11.4 Å². The second-order valence-corrected chi connectivity index (χ2v) is 8.04. The van der Waals surface area contributed by atoms with Crippen LogP contribution in [-0.2, 0) is 4.79 Å². The quantitative estimate of drug-likeness (QED) is 0.782. The average molecular weight is 362 g/mol. The summed E-state index contributed by atoms with van der Waals surface area (Å²) in [7, 11) is 0. The molecule has 4 nitrogen and oxygen atoms in total. The van der Waals surface area contributed by atoms with Crippen LogP contribution in [-0.4, -0.2) is 25.1 Å². The molecule has 4 heteroatoms. The summed E-state index contributed by atoms with van der Waals surface area (Å²) in [4.78, 5) is 17.5. The molecular formula is C23H26N2O2. The van der Waals surface area contributed by atoms with Crippen molar-refractivity contribution in [1.29, 1.82) is 0 Å². The number of anilines is 2. The van der Waals surface area contributed by atoms with Gasteiger partial charge in [0.1, 0.15) is 5.75 Å². The Labute approximate surface area is 160 Å². The van der Waals surface area contributed by atoms with Crippen molar-refractivity contribution in [3.8, 4) is 5.75 Å². The van der Waals surface area contributed by atoms with E-state index in [1.807, 2.05) is 17.0 Å². The first-order chi connectivity index (χ1) is 13.2. The number of para-hydroxylation sites is 1. The van der Waals surface area contributed by atoms with Crippen LogP contribution in [0.15, 0.2) is 42.5 Å². The lowest BCUT2D eigenvalue weighted by Gasteiger charge is -2.36. The summed E-state index contributed by atoms with van der Waals surface area (Å²) < 4.78 is 5.73. The van der Waals surface area contributed by atoms with Crippen LogP contribution in [0.2, 0.25) is 0 Å². The normalized spacial score (nSPS) is 22.4. The summed E-state index contributed by atoms with van der Waals surface area (Å²) in [6.07, 6.45) is 6.49. The first kappa shape index (κ1) is 16.7. The summed E-state index contributed by atoms with van der Waals surface area (Å²) >= 11 is 0. The molecule has 140 valence electrons. The Balaban J connectivity index is 1.55. The van der Waals surface area contributed by atoms with Crippen LogP contribution in [0.25, 0.3) is 0 Å². The number of carbonyl (C=O) groups excluding carboxylic acids is 1. The Morgan fingerprint density at radius 1 is 1.00 bits per heavy atom. The highest BCUT2D eigenvalue weighted by Gasteiger charge is 2.40. The number of hydrogen-bond donors (Lipinski definition) is 0. The molecule has 2 aromatic rings. The van der Waals surface area contributed by atoms with E-state index in [0.717, 1.165) is 23.5 Å². The third-order valence-electron chi connectivity index (χ3n) is 6.30. The van der Waals surface area contributed by atoms with E-state index in [4.69, 9.17) is 4.74 Å². The summed E-state index contributed by atoms with van der Waals surface area (Å²) in [5.41, 5.74) is 4.63. The van der Waals surface area contributed by atoms with Gasteiger partial charge < -0.3 is 9.64 Å². The number of carbonyl (C=O) groups is 1. The zero-order chi connectivity index (χ0) is 18.4. The highest BCUT2D eigenvalue weighted by Crippen LogP contribution is 2.46. The van der Waals surface area contributed by atoms with Gasteiger partial charge in [0.15, 0.2) is 6.61 Å². The number of ether oxygens (including phenoxy) is 1. The molecule has 1 unspecified atom stereocenters. The van der Waals surface area contributed by atoms with Crippen molar-refractivity contribution in [3.63, 3.8) is 0 Å².